The second-order valence-corrected chi connectivity index (χ2v) is 4.14. The Morgan fingerprint density at radius 1 is 1.31 bits per heavy atom. The molecule has 0 radical (unpaired) electrons. The van der Waals surface area contributed by atoms with Gasteiger partial charge in [0.2, 0.25) is 0 Å². The van der Waals surface area contributed by atoms with E-state index in [4.69, 9.17) is 0 Å². The monoisotopic (exact) mass is 192 g/mol. The predicted octanol–water partition coefficient (Wildman–Crippen LogP) is 3.06. The van der Waals surface area contributed by atoms with Gasteiger partial charge in [0, 0.05) is 17.8 Å². The highest BCUT2D eigenvalue weighted by Gasteiger charge is 2.05. The number of aromatic nitrogens is 2. The van der Waals surface area contributed by atoms with E-state index in [9.17, 15) is 0 Å². The molecule has 0 aliphatic rings. The Morgan fingerprint density at radius 3 is 2.54 bits per heavy atom. The van der Waals surface area contributed by atoms with Crippen LogP contribution < -0.4 is 0 Å². The van der Waals surface area contributed by atoms with Crippen molar-refractivity contribution in [3.63, 3.8) is 0 Å². The van der Waals surface area contributed by atoms with Crippen LogP contribution in [0.3, 0.4) is 0 Å². The van der Waals surface area contributed by atoms with Crippen LogP contribution in [-0.4, -0.2) is 9.55 Å². The van der Waals surface area contributed by atoms with Crippen molar-refractivity contribution in [2.75, 3.05) is 0 Å². The molecular formula is C10H12N2S. The highest BCUT2D eigenvalue weighted by atomic mass is 32.1. The Bertz CT molecular complexity index is 373. The Kier molecular flexibility index (Phi) is 2.19. The maximum absolute atomic E-state index is 4.53. The Balaban J connectivity index is 2.33. The average molecular weight is 192 g/mol. The maximum Gasteiger partial charge on any atom is 0.193 e. The van der Waals surface area contributed by atoms with E-state index in [1.807, 2.05) is 29.1 Å². The summed E-state index contributed by atoms with van der Waals surface area (Å²) in [6.45, 7) is 4.32. The van der Waals surface area contributed by atoms with E-state index in [0.717, 1.165) is 5.13 Å². The number of thiazole rings is 1. The topological polar surface area (TPSA) is 17.8 Å². The third-order valence-corrected chi connectivity index (χ3v) is 2.80. The quantitative estimate of drug-likeness (QED) is 0.715. The maximum atomic E-state index is 4.53. The summed E-state index contributed by atoms with van der Waals surface area (Å²) in [6, 6.07) is 4.02. The van der Waals surface area contributed by atoms with Crippen LogP contribution in [0.25, 0.3) is 5.13 Å². The van der Waals surface area contributed by atoms with Crippen LogP contribution in [0.4, 0.5) is 0 Å². The van der Waals surface area contributed by atoms with Crippen LogP contribution in [0, 0.1) is 0 Å². The summed E-state index contributed by atoms with van der Waals surface area (Å²) in [7, 11) is 0. The van der Waals surface area contributed by atoms with Gasteiger partial charge in [-0.3, -0.25) is 0 Å². The molecule has 0 atom stereocenters. The highest BCUT2D eigenvalue weighted by molar-refractivity contribution is 7.12. The van der Waals surface area contributed by atoms with Gasteiger partial charge < -0.3 is 4.57 Å². The van der Waals surface area contributed by atoms with Gasteiger partial charge in [-0.15, -0.1) is 11.3 Å². The van der Waals surface area contributed by atoms with E-state index >= 15 is 0 Å². The Labute approximate surface area is 81.9 Å². The van der Waals surface area contributed by atoms with Crippen LogP contribution in [0.2, 0.25) is 0 Å². The van der Waals surface area contributed by atoms with Crippen molar-refractivity contribution in [2.24, 2.45) is 0 Å². The molecule has 3 heteroatoms. The molecule has 0 fully saturated rings. The number of hydrogen-bond donors (Lipinski definition) is 0. The van der Waals surface area contributed by atoms with Gasteiger partial charge in [-0.25, -0.2) is 4.98 Å². The molecule has 0 bridgehead atoms. The summed E-state index contributed by atoms with van der Waals surface area (Å²) >= 11 is 1.69. The lowest BCUT2D eigenvalue weighted by molar-refractivity contribution is 0.825. The normalized spacial score (nSPS) is 11.0. The molecule has 2 heterocycles. The first-order chi connectivity index (χ1) is 6.27. The fraction of sp³-hybridized carbons (Fsp3) is 0.300. The third-order valence-electron chi connectivity index (χ3n) is 1.93. The zero-order valence-corrected chi connectivity index (χ0v) is 8.58. The van der Waals surface area contributed by atoms with Crippen molar-refractivity contribution in [1.82, 2.24) is 9.55 Å². The van der Waals surface area contributed by atoms with Crippen LogP contribution >= 0.6 is 11.3 Å². The zero-order chi connectivity index (χ0) is 9.26. The zero-order valence-electron chi connectivity index (χ0n) is 7.77. The molecule has 0 N–H and O–H groups in total. The Hall–Kier alpha value is -1.09. The summed E-state index contributed by atoms with van der Waals surface area (Å²) < 4.78 is 2.04. The van der Waals surface area contributed by atoms with Gasteiger partial charge in [0.05, 0.1) is 5.69 Å². The van der Waals surface area contributed by atoms with Gasteiger partial charge in [0.1, 0.15) is 0 Å². The van der Waals surface area contributed by atoms with Crippen molar-refractivity contribution in [1.29, 1.82) is 0 Å². The largest absolute Gasteiger partial charge is 0.300 e. The molecule has 2 nitrogen and oxygen atoms in total. The van der Waals surface area contributed by atoms with E-state index in [0.29, 0.717) is 5.92 Å². The van der Waals surface area contributed by atoms with Crippen molar-refractivity contribution in [3.05, 3.63) is 35.6 Å². The van der Waals surface area contributed by atoms with Crippen molar-refractivity contribution >= 4 is 11.3 Å². The molecule has 0 aliphatic heterocycles. The summed E-state index contributed by atoms with van der Waals surface area (Å²) in [5.74, 6) is 0.514. The summed E-state index contributed by atoms with van der Waals surface area (Å²) in [4.78, 5) is 4.53. The Morgan fingerprint density at radius 2 is 2.00 bits per heavy atom. The SMILES string of the molecule is CC(C)c1csc(-n2cccc2)n1. The van der Waals surface area contributed by atoms with Crippen molar-refractivity contribution in [3.8, 4) is 5.13 Å². The smallest absolute Gasteiger partial charge is 0.193 e. The summed E-state index contributed by atoms with van der Waals surface area (Å²) in [6.07, 6.45) is 4.03. The first kappa shape index (κ1) is 8.51. The molecule has 0 saturated heterocycles. The summed E-state index contributed by atoms with van der Waals surface area (Å²) in [5.41, 5.74) is 1.17. The van der Waals surface area contributed by atoms with Crippen LogP contribution in [0.5, 0.6) is 0 Å². The van der Waals surface area contributed by atoms with E-state index < -0.39 is 0 Å². The lowest BCUT2D eigenvalue weighted by atomic mass is 10.2. The molecule has 0 aromatic carbocycles. The third kappa shape index (κ3) is 1.65. The van der Waals surface area contributed by atoms with E-state index in [1.165, 1.54) is 5.69 Å². The minimum absolute atomic E-state index is 0.514. The van der Waals surface area contributed by atoms with Crippen LogP contribution in [0.1, 0.15) is 25.5 Å². The summed E-state index contributed by atoms with van der Waals surface area (Å²) in [5, 5.41) is 3.17. The number of hydrogen-bond acceptors (Lipinski definition) is 2. The fourth-order valence-electron chi connectivity index (χ4n) is 1.12. The lowest BCUT2D eigenvalue weighted by Gasteiger charge is -1.97. The predicted molar refractivity (Wildman–Crippen MR) is 55.5 cm³/mol. The van der Waals surface area contributed by atoms with Gasteiger partial charge in [-0.2, -0.15) is 0 Å². The molecule has 13 heavy (non-hydrogen) atoms. The first-order valence-corrected chi connectivity index (χ1v) is 5.24. The number of rotatable bonds is 2. The molecule has 0 spiro atoms. The standard InChI is InChI=1S/C10H12N2S/c1-8(2)9-7-13-10(11-9)12-5-3-4-6-12/h3-8H,1-2H3. The van der Waals surface area contributed by atoms with Crippen molar-refractivity contribution in [2.45, 2.75) is 19.8 Å². The van der Waals surface area contributed by atoms with E-state index in [2.05, 4.69) is 24.2 Å². The molecular weight excluding hydrogens is 180 g/mol. The second-order valence-electron chi connectivity index (χ2n) is 3.30. The first-order valence-electron chi connectivity index (χ1n) is 4.36. The highest BCUT2D eigenvalue weighted by Crippen LogP contribution is 2.20. The van der Waals surface area contributed by atoms with Gasteiger partial charge in [0.15, 0.2) is 5.13 Å². The average Bonchev–Trinajstić information content (AvgIpc) is 2.75. The van der Waals surface area contributed by atoms with Crippen LogP contribution in [-0.2, 0) is 0 Å². The van der Waals surface area contributed by atoms with Crippen molar-refractivity contribution < 1.29 is 0 Å². The van der Waals surface area contributed by atoms with Gasteiger partial charge in [0.25, 0.3) is 0 Å². The molecule has 2 aromatic rings. The molecule has 0 amide bonds. The molecule has 2 aromatic heterocycles. The van der Waals surface area contributed by atoms with Gasteiger partial charge in [-0.1, -0.05) is 13.8 Å². The lowest BCUT2D eigenvalue weighted by Crippen LogP contribution is -1.91. The molecule has 0 aliphatic carbocycles. The minimum Gasteiger partial charge on any atom is -0.300 e. The molecule has 2 rings (SSSR count). The van der Waals surface area contributed by atoms with E-state index in [-0.39, 0.29) is 0 Å². The minimum atomic E-state index is 0.514. The van der Waals surface area contributed by atoms with Gasteiger partial charge >= 0.3 is 0 Å². The van der Waals surface area contributed by atoms with Crippen LogP contribution in [0.15, 0.2) is 29.9 Å². The molecule has 0 unspecified atom stereocenters. The van der Waals surface area contributed by atoms with E-state index in [1.54, 1.807) is 11.3 Å². The fourth-order valence-corrected chi connectivity index (χ4v) is 2.07. The second kappa shape index (κ2) is 3.34. The molecule has 0 saturated carbocycles. The number of nitrogens with zero attached hydrogens (tertiary/aromatic N) is 2. The molecule has 68 valence electrons. The van der Waals surface area contributed by atoms with Gasteiger partial charge in [-0.05, 0) is 18.1 Å².